The number of amides is 1. The largest absolute Gasteiger partial charge is 0.507 e. The summed E-state index contributed by atoms with van der Waals surface area (Å²) in [5.74, 6) is 1.75. The van der Waals surface area contributed by atoms with Gasteiger partial charge in [-0.05, 0) is 62.8 Å². The van der Waals surface area contributed by atoms with E-state index in [4.69, 9.17) is 18.9 Å². The highest BCUT2D eigenvalue weighted by Gasteiger charge is 2.27. The van der Waals surface area contributed by atoms with Crippen LogP contribution in [0.2, 0.25) is 0 Å². The van der Waals surface area contributed by atoms with Gasteiger partial charge in [0.1, 0.15) is 23.0 Å². The van der Waals surface area contributed by atoms with Crippen molar-refractivity contribution in [3.63, 3.8) is 0 Å². The zero-order chi connectivity index (χ0) is 25.9. The second kappa shape index (κ2) is 13.6. The van der Waals surface area contributed by atoms with Crippen molar-refractivity contribution < 1.29 is 33.6 Å². The molecular formula is C28H37NO7. The second-order valence-electron chi connectivity index (χ2n) is 8.79. The van der Waals surface area contributed by atoms with Gasteiger partial charge in [-0.15, -0.1) is 0 Å². The molecule has 3 rings (SSSR count). The van der Waals surface area contributed by atoms with E-state index in [1.54, 1.807) is 26.1 Å². The molecule has 0 atom stereocenters. The molecule has 0 bridgehead atoms. The first-order valence-electron chi connectivity index (χ1n) is 12.7. The molecule has 8 heteroatoms. The zero-order valence-corrected chi connectivity index (χ0v) is 21.4. The lowest BCUT2D eigenvalue weighted by Crippen LogP contribution is -2.18. The number of carbonyl (C=O) groups is 2. The van der Waals surface area contributed by atoms with Crippen molar-refractivity contribution in [2.75, 3.05) is 33.5 Å². The van der Waals surface area contributed by atoms with E-state index in [1.807, 2.05) is 18.2 Å². The van der Waals surface area contributed by atoms with Crippen molar-refractivity contribution in [1.82, 2.24) is 5.32 Å². The van der Waals surface area contributed by atoms with Crippen molar-refractivity contribution in [2.45, 2.75) is 52.4 Å². The van der Waals surface area contributed by atoms with Crippen LogP contribution in [-0.4, -0.2) is 50.5 Å². The van der Waals surface area contributed by atoms with Gasteiger partial charge in [0.2, 0.25) is 0 Å². The summed E-state index contributed by atoms with van der Waals surface area (Å²) in [6.45, 7) is 4.83. The Morgan fingerprint density at radius 2 is 1.64 bits per heavy atom. The molecule has 0 aromatic heterocycles. The number of hydrogen-bond donors (Lipinski definition) is 2. The first-order chi connectivity index (χ1) is 17.5. The molecule has 0 heterocycles. The standard InChI is InChI=1S/C28H37NO7/c1-4-8-20-23(9-6-10-24(20)36-18-26(30)33-5-2)34-15-7-16-35-25-14-13-21(28(32)29-3)27(31)22(25)17-19-11-12-19/h6,9-10,13-14,19,31H,4-5,7-8,11-12,15-18H2,1-3H3,(H,29,32). The van der Waals surface area contributed by atoms with Crippen molar-refractivity contribution in [1.29, 1.82) is 0 Å². The van der Waals surface area contributed by atoms with E-state index < -0.39 is 5.97 Å². The lowest BCUT2D eigenvalue weighted by atomic mass is 10.0. The summed E-state index contributed by atoms with van der Waals surface area (Å²) in [6.07, 6.45) is 5.23. The van der Waals surface area contributed by atoms with Gasteiger partial charge in [-0.1, -0.05) is 19.4 Å². The minimum atomic E-state index is -0.404. The molecule has 0 aliphatic heterocycles. The maximum atomic E-state index is 12.1. The predicted octanol–water partition coefficient (Wildman–Crippen LogP) is 4.45. The Labute approximate surface area is 212 Å². The maximum Gasteiger partial charge on any atom is 0.344 e. The van der Waals surface area contributed by atoms with Gasteiger partial charge in [0, 0.05) is 24.6 Å². The molecule has 0 radical (unpaired) electrons. The molecule has 0 saturated heterocycles. The minimum Gasteiger partial charge on any atom is -0.507 e. The number of benzene rings is 2. The average molecular weight is 500 g/mol. The van der Waals surface area contributed by atoms with Crippen molar-refractivity contribution in [3.8, 4) is 23.0 Å². The number of nitrogens with one attached hydrogen (secondary N) is 1. The summed E-state index contributed by atoms with van der Waals surface area (Å²) in [6, 6.07) is 8.91. The minimum absolute atomic E-state index is 0.00107. The number of phenols is 1. The van der Waals surface area contributed by atoms with Gasteiger partial charge in [0.25, 0.3) is 5.91 Å². The summed E-state index contributed by atoms with van der Waals surface area (Å²) in [7, 11) is 1.54. The SMILES string of the molecule is CCCc1c(OCCCOc2ccc(C(=O)NC)c(O)c2CC2CC2)cccc1OCC(=O)OCC. The zero-order valence-electron chi connectivity index (χ0n) is 21.4. The Balaban J connectivity index is 1.58. The molecule has 0 unspecified atom stereocenters. The van der Waals surface area contributed by atoms with E-state index in [0.717, 1.165) is 37.0 Å². The van der Waals surface area contributed by atoms with Crippen LogP contribution in [-0.2, 0) is 22.4 Å². The third-order valence-corrected chi connectivity index (χ3v) is 5.95. The third-order valence-electron chi connectivity index (χ3n) is 5.95. The van der Waals surface area contributed by atoms with E-state index >= 15 is 0 Å². The number of ether oxygens (including phenoxy) is 4. The summed E-state index contributed by atoms with van der Waals surface area (Å²) >= 11 is 0. The molecule has 8 nitrogen and oxygen atoms in total. The maximum absolute atomic E-state index is 12.1. The molecule has 2 aromatic carbocycles. The normalized spacial score (nSPS) is 12.6. The molecule has 1 amide bonds. The first-order valence-corrected chi connectivity index (χ1v) is 12.7. The fourth-order valence-electron chi connectivity index (χ4n) is 3.95. The van der Waals surface area contributed by atoms with Crippen LogP contribution < -0.4 is 19.5 Å². The van der Waals surface area contributed by atoms with E-state index in [9.17, 15) is 14.7 Å². The number of aromatic hydroxyl groups is 1. The van der Waals surface area contributed by atoms with Crippen LogP contribution in [0.3, 0.4) is 0 Å². The van der Waals surface area contributed by atoms with Crippen LogP contribution in [0.15, 0.2) is 30.3 Å². The lowest BCUT2D eigenvalue weighted by molar-refractivity contribution is -0.145. The van der Waals surface area contributed by atoms with Crippen LogP contribution in [0, 0.1) is 5.92 Å². The van der Waals surface area contributed by atoms with E-state index in [0.29, 0.717) is 55.6 Å². The van der Waals surface area contributed by atoms with E-state index in [2.05, 4.69) is 12.2 Å². The molecular weight excluding hydrogens is 462 g/mol. The third kappa shape index (κ3) is 7.54. The highest BCUT2D eigenvalue weighted by atomic mass is 16.6. The molecule has 1 fully saturated rings. The molecule has 2 N–H and O–H groups in total. The van der Waals surface area contributed by atoms with E-state index in [1.165, 1.54) is 0 Å². The van der Waals surface area contributed by atoms with Gasteiger partial charge < -0.3 is 29.4 Å². The Morgan fingerprint density at radius 3 is 2.25 bits per heavy atom. The number of carbonyl (C=O) groups excluding carboxylic acids is 2. The van der Waals surface area contributed by atoms with Crippen molar-refractivity contribution >= 4 is 11.9 Å². The predicted molar refractivity (Wildman–Crippen MR) is 136 cm³/mol. The first kappa shape index (κ1) is 27.2. The fourth-order valence-corrected chi connectivity index (χ4v) is 3.95. The van der Waals surface area contributed by atoms with Crippen LogP contribution in [0.1, 0.15) is 61.0 Å². The number of rotatable bonds is 15. The van der Waals surface area contributed by atoms with Crippen LogP contribution in [0.5, 0.6) is 23.0 Å². The quantitative estimate of drug-likeness (QED) is 0.276. The Hall–Kier alpha value is -3.42. The molecule has 1 saturated carbocycles. The van der Waals surface area contributed by atoms with Crippen LogP contribution in [0.4, 0.5) is 0 Å². The Kier molecular flexibility index (Phi) is 10.3. The summed E-state index contributed by atoms with van der Waals surface area (Å²) in [5, 5.41) is 13.3. The van der Waals surface area contributed by atoms with Gasteiger partial charge in [-0.2, -0.15) is 0 Å². The monoisotopic (exact) mass is 499 g/mol. The van der Waals surface area contributed by atoms with Gasteiger partial charge in [-0.25, -0.2) is 4.79 Å². The highest BCUT2D eigenvalue weighted by Crippen LogP contribution is 2.40. The second-order valence-corrected chi connectivity index (χ2v) is 8.79. The molecule has 1 aliphatic rings. The number of esters is 1. The molecule has 2 aromatic rings. The van der Waals surface area contributed by atoms with Crippen LogP contribution in [0.25, 0.3) is 0 Å². The molecule has 0 spiro atoms. The molecule has 196 valence electrons. The topological polar surface area (TPSA) is 103 Å². The van der Waals surface area contributed by atoms with Gasteiger partial charge in [0.15, 0.2) is 6.61 Å². The van der Waals surface area contributed by atoms with Crippen molar-refractivity contribution in [3.05, 3.63) is 47.0 Å². The Bertz CT molecular complexity index is 1030. The number of phenolic OH excluding ortho intramolecular Hbond substituents is 1. The van der Waals surface area contributed by atoms with E-state index in [-0.39, 0.29) is 23.8 Å². The smallest absolute Gasteiger partial charge is 0.344 e. The van der Waals surface area contributed by atoms with Crippen molar-refractivity contribution in [2.24, 2.45) is 5.92 Å². The van der Waals surface area contributed by atoms with Crippen LogP contribution >= 0.6 is 0 Å². The summed E-state index contributed by atoms with van der Waals surface area (Å²) in [5.41, 5.74) is 1.88. The van der Waals surface area contributed by atoms with Gasteiger partial charge >= 0.3 is 5.97 Å². The fraction of sp³-hybridized carbons (Fsp3) is 0.500. The average Bonchev–Trinajstić information content (AvgIpc) is 3.69. The van der Waals surface area contributed by atoms with Gasteiger partial charge in [-0.3, -0.25) is 4.79 Å². The lowest BCUT2D eigenvalue weighted by Gasteiger charge is -2.17. The Morgan fingerprint density at radius 1 is 0.972 bits per heavy atom. The highest BCUT2D eigenvalue weighted by molar-refractivity contribution is 5.97. The number of hydrogen-bond acceptors (Lipinski definition) is 7. The molecule has 1 aliphatic carbocycles. The summed E-state index contributed by atoms with van der Waals surface area (Å²) < 4.78 is 22.7. The van der Waals surface area contributed by atoms with Gasteiger partial charge in [0.05, 0.1) is 25.4 Å². The molecule has 36 heavy (non-hydrogen) atoms. The summed E-state index contributed by atoms with van der Waals surface area (Å²) in [4.78, 5) is 23.8.